The monoisotopic (exact) mass is 319 g/mol. The van der Waals surface area contributed by atoms with Crippen LogP contribution >= 0.6 is 15.9 Å². The summed E-state index contributed by atoms with van der Waals surface area (Å²) in [6.45, 7) is 2.18. The highest BCUT2D eigenvalue weighted by molar-refractivity contribution is 9.10. The minimum Gasteiger partial charge on any atom is -0.497 e. The van der Waals surface area contributed by atoms with E-state index < -0.39 is 0 Å². The summed E-state index contributed by atoms with van der Waals surface area (Å²) >= 11 is 3.56. The summed E-state index contributed by atoms with van der Waals surface area (Å²) in [6, 6.07) is 16.8. The molecule has 0 saturated carbocycles. The molecule has 1 N–H and O–H groups in total. The van der Waals surface area contributed by atoms with Crippen molar-refractivity contribution in [3.8, 4) is 5.75 Å². The summed E-state index contributed by atoms with van der Waals surface area (Å²) < 4.78 is 6.30. The van der Waals surface area contributed by atoms with Crippen LogP contribution in [0.5, 0.6) is 5.75 Å². The van der Waals surface area contributed by atoms with Gasteiger partial charge in [-0.1, -0.05) is 30.3 Å². The summed E-state index contributed by atoms with van der Waals surface area (Å²) in [7, 11) is 1.68. The maximum Gasteiger partial charge on any atom is 0.121 e. The molecule has 1 atom stereocenters. The summed E-state index contributed by atoms with van der Waals surface area (Å²) in [5.41, 5.74) is 2.39. The molecule has 2 aromatic carbocycles. The van der Waals surface area contributed by atoms with Crippen LogP contribution in [0.4, 0.5) is 5.69 Å². The summed E-state index contributed by atoms with van der Waals surface area (Å²) in [6.07, 6.45) is 0.991. The smallest absolute Gasteiger partial charge is 0.121 e. The number of nitrogens with one attached hydrogen (secondary N) is 1. The van der Waals surface area contributed by atoms with Crippen LogP contribution in [0.15, 0.2) is 53.0 Å². The van der Waals surface area contributed by atoms with Crippen molar-refractivity contribution >= 4 is 21.6 Å². The molecule has 0 amide bonds. The van der Waals surface area contributed by atoms with Gasteiger partial charge >= 0.3 is 0 Å². The van der Waals surface area contributed by atoms with Gasteiger partial charge in [-0.15, -0.1) is 0 Å². The molecular formula is C16H18BrNO. The van der Waals surface area contributed by atoms with Gasteiger partial charge < -0.3 is 10.1 Å². The Morgan fingerprint density at radius 3 is 2.58 bits per heavy atom. The fraction of sp³-hybridized carbons (Fsp3) is 0.250. The largest absolute Gasteiger partial charge is 0.497 e. The zero-order valence-electron chi connectivity index (χ0n) is 11.2. The standard InChI is InChI=1S/C16H18BrNO/c1-12(10-13-6-4-3-5-7-13)18-16-11-14(19-2)8-9-15(16)17/h3-9,11-12,18H,10H2,1-2H3. The zero-order valence-corrected chi connectivity index (χ0v) is 12.8. The summed E-state index contributed by atoms with van der Waals surface area (Å²) in [5, 5.41) is 3.51. The normalized spacial score (nSPS) is 11.9. The van der Waals surface area contributed by atoms with Crippen LogP contribution in [0.25, 0.3) is 0 Å². The second-order valence-corrected chi connectivity index (χ2v) is 5.44. The first-order valence-electron chi connectivity index (χ1n) is 6.33. The molecule has 0 aliphatic carbocycles. The molecule has 0 aliphatic rings. The van der Waals surface area contributed by atoms with Crippen molar-refractivity contribution < 1.29 is 4.74 Å². The van der Waals surface area contributed by atoms with Crippen molar-refractivity contribution in [3.05, 3.63) is 58.6 Å². The molecule has 19 heavy (non-hydrogen) atoms. The molecule has 0 saturated heterocycles. The number of methoxy groups -OCH3 is 1. The predicted molar refractivity (Wildman–Crippen MR) is 83.9 cm³/mol. The first-order chi connectivity index (χ1) is 9.19. The van der Waals surface area contributed by atoms with Gasteiger partial charge in [0.1, 0.15) is 5.75 Å². The maximum absolute atomic E-state index is 5.25. The Kier molecular flexibility index (Phi) is 4.86. The van der Waals surface area contributed by atoms with Gasteiger partial charge in [-0.25, -0.2) is 0 Å². The average molecular weight is 320 g/mol. The summed E-state index contributed by atoms with van der Waals surface area (Å²) in [4.78, 5) is 0. The van der Waals surface area contributed by atoms with Crippen LogP contribution in [-0.4, -0.2) is 13.2 Å². The molecule has 1 unspecified atom stereocenters. The maximum atomic E-state index is 5.25. The van der Waals surface area contributed by atoms with Crippen LogP contribution in [0.2, 0.25) is 0 Å². The quantitative estimate of drug-likeness (QED) is 0.876. The Labute approximate surface area is 122 Å². The Bertz CT molecular complexity index is 528. The first kappa shape index (κ1) is 13.9. The highest BCUT2D eigenvalue weighted by atomic mass is 79.9. The molecule has 0 heterocycles. The SMILES string of the molecule is COc1ccc(Br)c(NC(C)Cc2ccccc2)c1. The van der Waals surface area contributed by atoms with Crippen LogP contribution in [0.1, 0.15) is 12.5 Å². The van der Waals surface area contributed by atoms with Crippen LogP contribution in [0, 0.1) is 0 Å². The summed E-state index contributed by atoms with van der Waals surface area (Å²) in [5.74, 6) is 0.859. The van der Waals surface area contributed by atoms with E-state index in [1.807, 2.05) is 24.3 Å². The van der Waals surface area contributed by atoms with Crippen molar-refractivity contribution in [3.63, 3.8) is 0 Å². The number of halogens is 1. The molecule has 0 spiro atoms. The van der Waals surface area contributed by atoms with Gasteiger partial charge in [0.15, 0.2) is 0 Å². The Hall–Kier alpha value is -1.48. The minimum atomic E-state index is 0.353. The molecule has 0 fully saturated rings. The highest BCUT2D eigenvalue weighted by Gasteiger charge is 2.07. The van der Waals surface area contributed by atoms with Crippen molar-refractivity contribution in [1.82, 2.24) is 0 Å². The topological polar surface area (TPSA) is 21.3 Å². The van der Waals surface area contributed by atoms with Crippen LogP contribution in [0.3, 0.4) is 0 Å². The van der Waals surface area contributed by atoms with Gasteiger partial charge in [0.25, 0.3) is 0 Å². The fourth-order valence-electron chi connectivity index (χ4n) is 2.03. The van der Waals surface area contributed by atoms with Crippen LogP contribution in [-0.2, 0) is 6.42 Å². The molecule has 2 nitrogen and oxygen atoms in total. The van der Waals surface area contributed by atoms with E-state index in [9.17, 15) is 0 Å². The third-order valence-corrected chi connectivity index (χ3v) is 3.65. The second-order valence-electron chi connectivity index (χ2n) is 4.58. The number of hydrogen-bond acceptors (Lipinski definition) is 2. The van der Waals surface area contributed by atoms with E-state index in [1.165, 1.54) is 5.56 Å². The zero-order chi connectivity index (χ0) is 13.7. The Balaban J connectivity index is 2.04. The molecule has 0 radical (unpaired) electrons. The molecule has 100 valence electrons. The molecule has 0 aromatic heterocycles. The average Bonchev–Trinajstić information content (AvgIpc) is 2.42. The van der Waals surface area contributed by atoms with E-state index in [0.717, 1.165) is 22.3 Å². The third-order valence-electron chi connectivity index (χ3n) is 2.96. The molecule has 0 bridgehead atoms. The lowest BCUT2D eigenvalue weighted by Gasteiger charge is -2.17. The number of ether oxygens (including phenoxy) is 1. The van der Waals surface area contributed by atoms with E-state index in [4.69, 9.17) is 4.74 Å². The van der Waals surface area contributed by atoms with Gasteiger partial charge in [-0.05, 0) is 47.0 Å². The lowest BCUT2D eigenvalue weighted by molar-refractivity contribution is 0.415. The van der Waals surface area contributed by atoms with E-state index in [0.29, 0.717) is 6.04 Å². The Morgan fingerprint density at radius 2 is 1.89 bits per heavy atom. The number of anilines is 1. The van der Waals surface area contributed by atoms with Crippen molar-refractivity contribution in [2.45, 2.75) is 19.4 Å². The lowest BCUT2D eigenvalue weighted by atomic mass is 10.1. The Morgan fingerprint density at radius 1 is 1.16 bits per heavy atom. The van der Waals surface area contributed by atoms with Gasteiger partial charge in [-0.3, -0.25) is 0 Å². The number of hydrogen-bond donors (Lipinski definition) is 1. The molecule has 2 aromatic rings. The molecule has 0 aliphatic heterocycles. The number of rotatable bonds is 5. The van der Waals surface area contributed by atoms with E-state index >= 15 is 0 Å². The van der Waals surface area contributed by atoms with Gasteiger partial charge in [0, 0.05) is 16.6 Å². The van der Waals surface area contributed by atoms with Crippen LogP contribution < -0.4 is 10.1 Å². The van der Waals surface area contributed by atoms with E-state index in [-0.39, 0.29) is 0 Å². The van der Waals surface area contributed by atoms with Gasteiger partial charge in [0.05, 0.1) is 12.8 Å². The fourth-order valence-corrected chi connectivity index (χ4v) is 2.39. The molecule has 2 rings (SSSR count). The second kappa shape index (κ2) is 6.62. The molecular weight excluding hydrogens is 302 g/mol. The van der Waals surface area contributed by atoms with Gasteiger partial charge in [0.2, 0.25) is 0 Å². The van der Waals surface area contributed by atoms with Crippen molar-refractivity contribution in [2.24, 2.45) is 0 Å². The van der Waals surface area contributed by atoms with E-state index in [2.05, 4.69) is 52.4 Å². The van der Waals surface area contributed by atoms with Crippen molar-refractivity contribution in [1.29, 1.82) is 0 Å². The molecule has 3 heteroatoms. The van der Waals surface area contributed by atoms with Crippen molar-refractivity contribution in [2.75, 3.05) is 12.4 Å². The van der Waals surface area contributed by atoms with E-state index in [1.54, 1.807) is 7.11 Å². The minimum absolute atomic E-state index is 0.353. The van der Waals surface area contributed by atoms with Gasteiger partial charge in [-0.2, -0.15) is 0 Å². The third kappa shape index (κ3) is 4.00. The highest BCUT2D eigenvalue weighted by Crippen LogP contribution is 2.27. The predicted octanol–water partition coefficient (Wildman–Crippen LogP) is 4.50. The first-order valence-corrected chi connectivity index (χ1v) is 7.12. The lowest BCUT2D eigenvalue weighted by Crippen LogP contribution is -2.18. The number of benzene rings is 2.